The third-order valence-electron chi connectivity index (χ3n) is 2.59. The van der Waals surface area contributed by atoms with Crippen molar-refractivity contribution in [2.75, 3.05) is 0 Å². The van der Waals surface area contributed by atoms with E-state index >= 15 is 0 Å². The molecule has 0 atom stereocenters. The fourth-order valence-corrected chi connectivity index (χ4v) is 2.40. The van der Waals surface area contributed by atoms with Crippen molar-refractivity contribution in [1.82, 2.24) is 0 Å². The minimum absolute atomic E-state index is 0.0252. The summed E-state index contributed by atoms with van der Waals surface area (Å²) in [5.74, 6) is 0.263. The van der Waals surface area contributed by atoms with Crippen LogP contribution in [0.2, 0.25) is 0 Å². The Kier molecular flexibility index (Phi) is 4.16. The van der Waals surface area contributed by atoms with E-state index in [0.717, 1.165) is 11.1 Å². The van der Waals surface area contributed by atoms with Crippen LogP contribution in [0.25, 0.3) is 0 Å². The quantitative estimate of drug-likeness (QED) is 0.625. The molecule has 0 spiro atoms. The van der Waals surface area contributed by atoms with Crippen LogP contribution in [0.4, 0.5) is 5.69 Å². The predicted octanol–water partition coefficient (Wildman–Crippen LogP) is 4.24. The Morgan fingerprint density at radius 2 is 1.95 bits per heavy atom. The van der Waals surface area contributed by atoms with Crippen LogP contribution in [-0.2, 0) is 6.61 Å². The van der Waals surface area contributed by atoms with Gasteiger partial charge in [-0.2, -0.15) is 0 Å². The van der Waals surface area contributed by atoms with Crippen LogP contribution in [0, 0.1) is 17.0 Å². The predicted molar refractivity (Wildman–Crippen MR) is 76.3 cm³/mol. The van der Waals surface area contributed by atoms with E-state index in [9.17, 15) is 10.1 Å². The number of ether oxygens (including phenoxy) is 1. The molecule has 0 unspecified atom stereocenters. The monoisotopic (exact) mass is 321 g/mol. The summed E-state index contributed by atoms with van der Waals surface area (Å²) in [6, 6.07) is 12.8. The molecule has 98 valence electrons. The van der Waals surface area contributed by atoms with Crippen LogP contribution in [0.5, 0.6) is 5.75 Å². The summed E-state index contributed by atoms with van der Waals surface area (Å²) in [5.41, 5.74) is 1.75. The molecule has 0 amide bonds. The van der Waals surface area contributed by atoms with E-state index in [1.54, 1.807) is 13.0 Å². The van der Waals surface area contributed by atoms with Crippen molar-refractivity contribution in [3.8, 4) is 5.75 Å². The third-order valence-corrected chi connectivity index (χ3v) is 3.18. The average Bonchev–Trinajstić information content (AvgIpc) is 2.38. The summed E-state index contributed by atoms with van der Waals surface area (Å²) in [5, 5.41) is 11.0. The molecule has 0 aliphatic heterocycles. The molecule has 0 saturated carbocycles. The lowest BCUT2D eigenvalue weighted by atomic mass is 10.2. The lowest BCUT2D eigenvalue weighted by molar-refractivity contribution is -0.386. The van der Waals surface area contributed by atoms with Gasteiger partial charge >= 0.3 is 5.69 Å². The van der Waals surface area contributed by atoms with Crippen LogP contribution >= 0.6 is 15.9 Å². The number of benzene rings is 2. The van der Waals surface area contributed by atoms with Crippen molar-refractivity contribution in [2.24, 2.45) is 0 Å². The minimum Gasteiger partial charge on any atom is -0.481 e. The number of nitro benzene ring substituents is 1. The molecule has 19 heavy (non-hydrogen) atoms. The van der Waals surface area contributed by atoms with Gasteiger partial charge in [0.1, 0.15) is 6.61 Å². The van der Waals surface area contributed by atoms with E-state index in [1.807, 2.05) is 30.3 Å². The van der Waals surface area contributed by atoms with Gasteiger partial charge in [-0.25, -0.2) is 0 Å². The smallest absolute Gasteiger partial charge is 0.312 e. The van der Waals surface area contributed by atoms with Gasteiger partial charge in [-0.05, 0) is 40.0 Å². The fourth-order valence-electron chi connectivity index (χ4n) is 1.72. The highest BCUT2D eigenvalue weighted by atomic mass is 79.9. The van der Waals surface area contributed by atoms with Gasteiger partial charge in [0.15, 0.2) is 0 Å². The summed E-state index contributed by atoms with van der Waals surface area (Å²) >= 11 is 3.31. The van der Waals surface area contributed by atoms with Crippen molar-refractivity contribution < 1.29 is 9.66 Å². The number of halogens is 1. The topological polar surface area (TPSA) is 52.4 Å². The maximum Gasteiger partial charge on any atom is 0.312 e. The molecule has 0 fully saturated rings. The SMILES string of the molecule is Cc1cc(Br)c(OCc2ccccc2)c([N+](=O)[O-])c1. The summed E-state index contributed by atoms with van der Waals surface area (Å²) in [6.45, 7) is 2.10. The van der Waals surface area contributed by atoms with Crippen LogP contribution in [0.1, 0.15) is 11.1 Å². The lowest BCUT2D eigenvalue weighted by Crippen LogP contribution is -2.00. The largest absolute Gasteiger partial charge is 0.481 e. The molecule has 0 N–H and O–H groups in total. The van der Waals surface area contributed by atoms with E-state index in [2.05, 4.69) is 15.9 Å². The second kappa shape index (κ2) is 5.84. The highest BCUT2D eigenvalue weighted by molar-refractivity contribution is 9.10. The zero-order valence-corrected chi connectivity index (χ0v) is 11.9. The van der Waals surface area contributed by atoms with E-state index in [0.29, 0.717) is 11.1 Å². The molecule has 2 aromatic carbocycles. The van der Waals surface area contributed by atoms with E-state index in [-0.39, 0.29) is 11.4 Å². The maximum atomic E-state index is 11.0. The van der Waals surface area contributed by atoms with Crippen molar-refractivity contribution >= 4 is 21.6 Å². The minimum atomic E-state index is -0.432. The van der Waals surface area contributed by atoms with E-state index in [4.69, 9.17) is 4.74 Å². The Labute approximate surface area is 119 Å². The molecule has 0 aliphatic rings. The van der Waals surface area contributed by atoms with Crippen molar-refractivity contribution in [1.29, 1.82) is 0 Å². The van der Waals surface area contributed by atoms with Gasteiger partial charge in [0, 0.05) is 6.07 Å². The number of nitro groups is 1. The Morgan fingerprint density at radius 3 is 2.58 bits per heavy atom. The number of hydrogen-bond donors (Lipinski definition) is 0. The number of nitrogens with zero attached hydrogens (tertiary/aromatic N) is 1. The van der Waals surface area contributed by atoms with E-state index < -0.39 is 4.92 Å². The number of rotatable bonds is 4. The highest BCUT2D eigenvalue weighted by Crippen LogP contribution is 2.36. The van der Waals surface area contributed by atoms with Crippen molar-refractivity contribution in [3.63, 3.8) is 0 Å². The summed E-state index contributed by atoms with van der Waals surface area (Å²) < 4.78 is 6.17. The zero-order chi connectivity index (χ0) is 13.8. The Morgan fingerprint density at radius 1 is 1.26 bits per heavy atom. The van der Waals surface area contributed by atoms with E-state index in [1.165, 1.54) is 6.07 Å². The number of aryl methyl sites for hydroxylation is 1. The molecule has 0 aromatic heterocycles. The van der Waals surface area contributed by atoms with Gasteiger partial charge in [0.05, 0.1) is 9.40 Å². The Balaban J connectivity index is 2.27. The molecule has 2 rings (SSSR count). The molecule has 4 nitrogen and oxygen atoms in total. The first-order valence-corrected chi connectivity index (χ1v) is 6.48. The van der Waals surface area contributed by atoms with Gasteiger partial charge in [-0.15, -0.1) is 0 Å². The molecular weight excluding hydrogens is 310 g/mol. The molecule has 5 heteroatoms. The standard InChI is InChI=1S/C14H12BrNO3/c1-10-7-12(15)14(13(8-10)16(17)18)19-9-11-5-3-2-4-6-11/h2-8H,9H2,1H3. The highest BCUT2D eigenvalue weighted by Gasteiger charge is 2.19. The maximum absolute atomic E-state index is 11.0. The van der Waals surface area contributed by atoms with Crippen LogP contribution < -0.4 is 4.74 Å². The van der Waals surface area contributed by atoms with Crippen LogP contribution in [0.3, 0.4) is 0 Å². The van der Waals surface area contributed by atoms with Crippen LogP contribution in [0.15, 0.2) is 46.9 Å². The second-order valence-corrected chi connectivity index (χ2v) is 4.98. The van der Waals surface area contributed by atoms with Gasteiger partial charge in [0.25, 0.3) is 0 Å². The molecule has 0 aliphatic carbocycles. The molecule has 0 radical (unpaired) electrons. The summed E-state index contributed by atoms with van der Waals surface area (Å²) in [4.78, 5) is 10.6. The van der Waals surface area contributed by atoms with Gasteiger partial charge in [-0.1, -0.05) is 30.3 Å². The summed E-state index contributed by atoms with van der Waals surface area (Å²) in [7, 11) is 0. The number of hydrogen-bond acceptors (Lipinski definition) is 3. The normalized spacial score (nSPS) is 10.2. The van der Waals surface area contributed by atoms with Crippen LogP contribution in [-0.4, -0.2) is 4.92 Å². The summed E-state index contributed by atoms with van der Waals surface area (Å²) in [6.07, 6.45) is 0. The third kappa shape index (κ3) is 3.32. The zero-order valence-electron chi connectivity index (χ0n) is 10.3. The lowest BCUT2D eigenvalue weighted by Gasteiger charge is -2.09. The van der Waals surface area contributed by atoms with Crippen molar-refractivity contribution in [2.45, 2.75) is 13.5 Å². The average molecular weight is 322 g/mol. The molecule has 2 aromatic rings. The molecule has 0 heterocycles. The molecular formula is C14H12BrNO3. The first-order valence-electron chi connectivity index (χ1n) is 5.69. The van der Waals surface area contributed by atoms with Gasteiger partial charge in [0.2, 0.25) is 5.75 Å². The molecule has 0 saturated heterocycles. The fraction of sp³-hybridized carbons (Fsp3) is 0.143. The van der Waals surface area contributed by atoms with Gasteiger partial charge < -0.3 is 4.74 Å². The van der Waals surface area contributed by atoms with Gasteiger partial charge in [-0.3, -0.25) is 10.1 Å². The Bertz CT molecular complexity index is 599. The second-order valence-electron chi connectivity index (χ2n) is 4.13. The van der Waals surface area contributed by atoms with Crippen molar-refractivity contribution in [3.05, 3.63) is 68.2 Å². The first kappa shape index (κ1) is 13.5. The first-order chi connectivity index (χ1) is 9.08. The Hall–Kier alpha value is -1.88. The molecule has 0 bridgehead atoms.